The fourth-order valence-corrected chi connectivity index (χ4v) is 2.17. The molecule has 0 aliphatic rings. The molecule has 0 unspecified atom stereocenters. The quantitative estimate of drug-likeness (QED) is 0.906. The number of amides is 1. The molecular formula is C17H21N3O. The molecule has 0 radical (unpaired) electrons. The van der Waals surface area contributed by atoms with Crippen LogP contribution in [0.25, 0.3) is 0 Å². The van der Waals surface area contributed by atoms with Crippen LogP contribution in [0, 0.1) is 6.92 Å². The number of nitrogens with one attached hydrogen (secondary N) is 1. The van der Waals surface area contributed by atoms with Crippen molar-refractivity contribution in [2.45, 2.75) is 26.2 Å². The van der Waals surface area contributed by atoms with Crippen molar-refractivity contribution in [1.29, 1.82) is 0 Å². The SMILES string of the molecule is Cc1ncc(N)cc1C(=O)NCC(C)(C)c1ccccc1. The average molecular weight is 283 g/mol. The Bertz CT molecular complexity index is 636. The van der Waals surface area contributed by atoms with E-state index < -0.39 is 0 Å². The van der Waals surface area contributed by atoms with Crippen LogP contribution in [-0.4, -0.2) is 17.4 Å². The monoisotopic (exact) mass is 283 g/mol. The number of carbonyl (C=O) groups excluding carboxylic acids is 1. The van der Waals surface area contributed by atoms with E-state index in [9.17, 15) is 4.79 Å². The van der Waals surface area contributed by atoms with Gasteiger partial charge in [0.25, 0.3) is 5.91 Å². The van der Waals surface area contributed by atoms with Gasteiger partial charge in [0.15, 0.2) is 0 Å². The highest BCUT2D eigenvalue weighted by Gasteiger charge is 2.22. The van der Waals surface area contributed by atoms with Gasteiger partial charge in [0.2, 0.25) is 0 Å². The second kappa shape index (κ2) is 5.95. The van der Waals surface area contributed by atoms with Crippen LogP contribution in [0.3, 0.4) is 0 Å². The van der Waals surface area contributed by atoms with Crippen molar-refractivity contribution in [3.8, 4) is 0 Å². The summed E-state index contributed by atoms with van der Waals surface area (Å²) in [5.74, 6) is -0.142. The zero-order chi connectivity index (χ0) is 15.5. The predicted octanol–water partition coefficient (Wildman–Crippen LogP) is 2.68. The van der Waals surface area contributed by atoms with Crippen LogP contribution in [0.4, 0.5) is 5.69 Å². The molecule has 0 spiro atoms. The highest BCUT2D eigenvalue weighted by Crippen LogP contribution is 2.22. The minimum Gasteiger partial charge on any atom is -0.397 e. The first kappa shape index (κ1) is 15.0. The molecule has 0 saturated carbocycles. The van der Waals surface area contributed by atoms with Gasteiger partial charge < -0.3 is 11.1 Å². The molecule has 1 aromatic heterocycles. The first-order valence-corrected chi connectivity index (χ1v) is 6.96. The number of anilines is 1. The lowest BCUT2D eigenvalue weighted by Crippen LogP contribution is -2.37. The third-order valence-corrected chi connectivity index (χ3v) is 3.60. The second-order valence-corrected chi connectivity index (χ2v) is 5.83. The van der Waals surface area contributed by atoms with E-state index in [0.29, 0.717) is 23.5 Å². The standard InChI is InChI=1S/C17H21N3O/c1-12-15(9-14(18)10-19-12)16(21)20-11-17(2,3)13-7-5-4-6-8-13/h4-10H,11,18H2,1-3H3,(H,20,21). The Balaban J connectivity index is 2.09. The predicted molar refractivity (Wildman–Crippen MR) is 85.2 cm³/mol. The van der Waals surface area contributed by atoms with Crippen LogP contribution in [0.15, 0.2) is 42.6 Å². The van der Waals surface area contributed by atoms with Gasteiger partial charge in [0.1, 0.15) is 0 Å². The molecule has 0 aliphatic heterocycles. The Morgan fingerprint density at radius 3 is 2.62 bits per heavy atom. The maximum atomic E-state index is 12.3. The largest absolute Gasteiger partial charge is 0.397 e. The summed E-state index contributed by atoms with van der Waals surface area (Å²) in [4.78, 5) is 16.4. The number of hydrogen-bond donors (Lipinski definition) is 2. The fraction of sp³-hybridized carbons (Fsp3) is 0.294. The van der Waals surface area contributed by atoms with Gasteiger partial charge in [-0.2, -0.15) is 0 Å². The van der Waals surface area contributed by atoms with Crippen molar-refractivity contribution in [3.63, 3.8) is 0 Å². The summed E-state index contributed by atoms with van der Waals surface area (Å²) < 4.78 is 0. The summed E-state index contributed by atoms with van der Waals surface area (Å²) in [5.41, 5.74) is 8.44. The van der Waals surface area contributed by atoms with Gasteiger partial charge in [0, 0.05) is 12.0 Å². The van der Waals surface area contributed by atoms with Crippen molar-refractivity contribution in [2.75, 3.05) is 12.3 Å². The number of hydrogen-bond acceptors (Lipinski definition) is 3. The minimum atomic E-state index is -0.142. The third kappa shape index (κ3) is 3.60. The van der Waals surface area contributed by atoms with Crippen LogP contribution < -0.4 is 11.1 Å². The van der Waals surface area contributed by atoms with Crippen molar-refractivity contribution in [1.82, 2.24) is 10.3 Å². The molecule has 21 heavy (non-hydrogen) atoms. The highest BCUT2D eigenvalue weighted by atomic mass is 16.1. The molecular weight excluding hydrogens is 262 g/mol. The fourth-order valence-electron chi connectivity index (χ4n) is 2.17. The summed E-state index contributed by atoms with van der Waals surface area (Å²) in [6.45, 7) is 6.56. The van der Waals surface area contributed by atoms with Crippen molar-refractivity contribution in [2.24, 2.45) is 0 Å². The average Bonchev–Trinajstić information content (AvgIpc) is 2.48. The van der Waals surface area contributed by atoms with Crippen LogP contribution >= 0.6 is 0 Å². The van der Waals surface area contributed by atoms with E-state index in [1.54, 1.807) is 19.2 Å². The van der Waals surface area contributed by atoms with Crippen LogP contribution in [-0.2, 0) is 5.41 Å². The number of nitrogens with two attached hydrogens (primary N) is 1. The van der Waals surface area contributed by atoms with Gasteiger partial charge >= 0.3 is 0 Å². The van der Waals surface area contributed by atoms with Crippen LogP contribution in [0.2, 0.25) is 0 Å². The van der Waals surface area contributed by atoms with E-state index in [2.05, 4.69) is 36.3 Å². The molecule has 0 saturated heterocycles. The minimum absolute atomic E-state index is 0.140. The van der Waals surface area contributed by atoms with Gasteiger partial charge in [-0.05, 0) is 18.6 Å². The van der Waals surface area contributed by atoms with Gasteiger partial charge in [-0.3, -0.25) is 9.78 Å². The van der Waals surface area contributed by atoms with E-state index >= 15 is 0 Å². The van der Waals surface area contributed by atoms with E-state index in [-0.39, 0.29) is 11.3 Å². The smallest absolute Gasteiger partial charge is 0.253 e. The van der Waals surface area contributed by atoms with Crippen molar-refractivity contribution in [3.05, 3.63) is 59.4 Å². The summed E-state index contributed by atoms with van der Waals surface area (Å²) in [6.07, 6.45) is 1.56. The first-order valence-electron chi connectivity index (χ1n) is 6.96. The number of aromatic nitrogens is 1. The van der Waals surface area contributed by atoms with Gasteiger partial charge in [0.05, 0.1) is 23.1 Å². The number of pyridine rings is 1. The molecule has 4 nitrogen and oxygen atoms in total. The summed E-state index contributed by atoms with van der Waals surface area (Å²) in [7, 11) is 0. The Morgan fingerprint density at radius 1 is 1.29 bits per heavy atom. The number of nitrogen functional groups attached to an aromatic ring is 1. The number of carbonyl (C=O) groups is 1. The van der Waals surface area contributed by atoms with E-state index in [1.165, 1.54) is 5.56 Å². The molecule has 3 N–H and O–H groups in total. The Hall–Kier alpha value is -2.36. The van der Waals surface area contributed by atoms with Crippen molar-refractivity contribution < 1.29 is 4.79 Å². The zero-order valence-corrected chi connectivity index (χ0v) is 12.7. The summed E-state index contributed by atoms with van der Waals surface area (Å²) in [5, 5.41) is 2.97. The van der Waals surface area contributed by atoms with Gasteiger partial charge in [-0.15, -0.1) is 0 Å². The number of nitrogens with zero attached hydrogens (tertiary/aromatic N) is 1. The molecule has 1 heterocycles. The molecule has 2 aromatic rings. The maximum Gasteiger partial charge on any atom is 0.253 e. The molecule has 4 heteroatoms. The third-order valence-electron chi connectivity index (χ3n) is 3.60. The van der Waals surface area contributed by atoms with E-state index in [4.69, 9.17) is 5.73 Å². The van der Waals surface area contributed by atoms with Crippen molar-refractivity contribution >= 4 is 11.6 Å². The molecule has 1 aromatic carbocycles. The molecule has 110 valence electrons. The highest BCUT2D eigenvalue weighted by molar-refractivity contribution is 5.96. The molecule has 0 aliphatic carbocycles. The van der Waals surface area contributed by atoms with Crippen LogP contribution in [0.5, 0.6) is 0 Å². The maximum absolute atomic E-state index is 12.3. The van der Waals surface area contributed by atoms with Gasteiger partial charge in [-0.1, -0.05) is 44.2 Å². The number of benzene rings is 1. The lowest BCUT2D eigenvalue weighted by molar-refractivity contribution is 0.0944. The zero-order valence-electron chi connectivity index (χ0n) is 12.7. The van der Waals surface area contributed by atoms with E-state index in [1.807, 2.05) is 18.2 Å². The molecule has 1 amide bonds. The summed E-state index contributed by atoms with van der Waals surface area (Å²) >= 11 is 0. The van der Waals surface area contributed by atoms with E-state index in [0.717, 1.165) is 0 Å². The molecule has 0 atom stereocenters. The lowest BCUT2D eigenvalue weighted by atomic mass is 9.84. The topological polar surface area (TPSA) is 68.0 Å². The molecule has 2 rings (SSSR count). The Kier molecular flexibility index (Phi) is 4.26. The van der Waals surface area contributed by atoms with Crippen LogP contribution in [0.1, 0.15) is 35.5 Å². The number of aryl methyl sites for hydroxylation is 1. The normalized spacial score (nSPS) is 11.2. The lowest BCUT2D eigenvalue weighted by Gasteiger charge is -2.25. The second-order valence-electron chi connectivity index (χ2n) is 5.83. The molecule has 0 fully saturated rings. The Labute approximate surface area is 125 Å². The molecule has 0 bridgehead atoms. The summed E-state index contributed by atoms with van der Waals surface area (Å²) in [6, 6.07) is 11.8. The Morgan fingerprint density at radius 2 is 1.95 bits per heavy atom. The number of rotatable bonds is 4. The van der Waals surface area contributed by atoms with Gasteiger partial charge in [-0.25, -0.2) is 0 Å². The first-order chi connectivity index (χ1) is 9.90.